The van der Waals surface area contributed by atoms with E-state index in [9.17, 15) is 9.90 Å². The number of rotatable bonds is 3. The van der Waals surface area contributed by atoms with Crippen LogP contribution in [0.1, 0.15) is 44.7 Å². The van der Waals surface area contributed by atoms with E-state index in [1.807, 2.05) is 32.0 Å². The van der Waals surface area contributed by atoms with Crippen LogP contribution in [0.15, 0.2) is 24.3 Å². The average molecular weight is 246 g/mol. The monoisotopic (exact) mass is 246 g/mol. The van der Waals surface area contributed by atoms with Crippen LogP contribution in [0, 0.1) is 5.92 Å². The van der Waals surface area contributed by atoms with Gasteiger partial charge in [-0.25, -0.2) is 0 Å². The van der Waals surface area contributed by atoms with Crippen LogP contribution in [0.2, 0.25) is 0 Å². The van der Waals surface area contributed by atoms with Gasteiger partial charge in [0.1, 0.15) is 5.78 Å². The van der Waals surface area contributed by atoms with Crippen molar-refractivity contribution in [2.45, 2.75) is 51.6 Å². The molecule has 0 fully saturated rings. The summed E-state index contributed by atoms with van der Waals surface area (Å²) in [7, 11) is 0. The summed E-state index contributed by atoms with van der Waals surface area (Å²) in [5, 5.41) is 10.6. The Morgan fingerprint density at radius 2 is 2.00 bits per heavy atom. The predicted molar refractivity (Wildman–Crippen MR) is 72.6 cm³/mol. The first kappa shape index (κ1) is 13.3. The minimum Gasteiger partial charge on any atom is -0.391 e. The number of aliphatic hydroxyl groups is 1. The molecule has 1 N–H and O–H groups in total. The molecule has 1 aliphatic rings. The van der Waals surface area contributed by atoms with Gasteiger partial charge in [0.05, 0.1) is 11.5 Å². The smallest absolute Gasteiger partial charge is 0.142 e. The summed E-state index contributed by atoms with van der Waals surface area (Å²) in [5.41, 5.74) is 1.58. The molecule has 2 atom stereocenters. The van der Waals surface area contributed by atoms with Gasteiger partial charge in [0.25, 0.3) is 0 Å². The first-order valence-corrected chi connectivity index (χ1v) is 6.77. The minimum absolute atomic E-state index is 0.0834. The lowest BCUT2D eigenvalue weighted by atomic mass is 9.62. The zero-order valence-electron chi connectivity index (χ0n) is 11.4. The van der Waals surface area contributed by atoms with Gasteiger partial charge in [-0.1, -0.05) is 38.1 Å². The van der Waals surface area contributed by atoms with Crippen LogP contribution in [0.25, 0.3) is 0 Å². The van der Waals surface area contributed by atoms with Crippen LogP contribution < -0.4 is 0 Å². The molecule has 1 aromatic rings. The van der Waals surface area contributed by atoms with Crippen LogP contribution >= 0.6 is 0 Å². The molecule has 2 heteroatoms. The topological polar surface area (TPSA) is 37.3 Å². The van der Waals surface area contributed by atoms with Crippen LogP contribution in [0.4, 0.5) is 0 Å². The van der Waals surface area contributed by atoms with Gasteiger partial charge in [0.2, 0.25) is 0 Å². The molecule has 0 spiro atoms. The Morgan fingerprint density at radius 3 is 2.61 bits per heavy atom. The Labute approximate surface area is 109 Å². The van der Waals surface area contributed by atoms with Crippen LogP contribution in [-0.2, 0) is 16.6 Å². The lowest BCUT2D eigenvalue weighted by molar-refractivity contribution is -0.129. The van der Waals surface area contributed by atoms with Gasteiger partial charge in [-0.2, -0.15) is 0 Å². The quantitative estimate of drug-likeness (QED) is 0.890. The van der Waals surface area contributed by atoms with E-state index in [-0.39, 0.29) is 11.7 Å². The third-order valence-corrected chi connectivity index (χ3v) is 4.28. The predicted octanol–water partition coefficient (Wildman–Crippen LogP) is 2.87. The highest BCUT2D eigenvalue weighted by atomic mass is 16.3. The summed E-state index contributed by atoms with van der Waals surface area (Å²) in [5.74, 6) is 0.177. The fourth-order valence-corrected chi connectivity index (χ4v) is 3.32. The zero-order valence-corrected chi connectivity index (χ0v) is 11.4. The molecule has 0 saturated heterocycles. The molecule has 0 aromatic heterocycles. The largest absolute Gasteiger partial charge is 0.391 e. The Morgan fingerprint density at radius 1 is 1.33 bits per heavy atom. The number of hydrogen-bond acceptors (Lipinski definition) is 2. The Kier molecular flexibility index (Phi) is 3.58. The Bertz CT molecular complexity index is 450. The molecule has 2 rings (SSSR count). The summed E-state index contributed by atoms with van der Waals surface area (Å²) in [4.78, 5) is 12.3. The highest BCUT2D eigenvalue weighted by Crippen LogP contribution is 2.42. The standard InChI is InChI=1S/C16H22O2/c1-11(2)15(18)16(12(3)17)10-6-8-13-7-4-5-9-14(13)16/h4-5,7,9,11,15,18H,6,8,10H2,1-3H3/t15-,16-/m0/s1. The highest BCUT2D eigenvalue weighted by Gasteiger charge is 2.47. The third-order valence-electron chi connectivity index (χ3n) is 4.28. The number of hydrogen-bond donors (Lipinski definition) is 1. The van der Waals surface area contributed by atoms with E-state index in [4.69, 9.17) is 0 Å². The Hall–Kier alpha value is -1.15. The number of carbonyl (C=O) groups excluding carboxylic acids is 1. The number of aliphatic hydroxyl groups excluding tert-OH is 1. The molecule has 0 radical (unpaired) electrons. The number of fused-ring (bicyclic) bond motifs is 1. The van der Waals surface area contributed by atoms with Crippen molar-refractivity contribution in [3.05, 3.63) is 35.4 Å². The van der Waals surface area contributed by atoms with Gasteiger partial charge in [0.15, 0.2) is 0 Å². The van der Waals surface area contributed by atoms with Crippen molar-refractivity contribution in [1.29, 1.82) is 0 Å². The molecule has 2 nitrogen and oxygen atoms in total. The van der Waals surface area contributed by atoms with Crippen molar-refractivity contribution in [3.63, 3.8) is 0 Å². The normalized spacial score (nSPS) is 24.7. The van der Waals surface area contributed by atoms with E-state index >= 15 is 0 Å². The van der Waals surface area contributed by atoms with E-state index in [2.05, 4.69) is 6.07 Å². The molecule has 0 amide bonds. The van der Waals surface area contributed by atoms with Crippen molar-refractivity contribution in [2.75, 3.05) is 0 Å². The number of aryl methyl sites for hydroxylation is 1. The molecule has 0 heterocycles. The van der Waals surface area contributed by atoms with Crippen molar-refractivity contribution in [2.24, 2.45) is 5.92 Å². The third kappa shape index (κ3) is 1.89. The van der Waals surface area contributed by atoms with Gasteiger partial charge in [-0.3, -0.25) is 4.79 Å². The fraction of sp³-hybridized carbons (Fsp3) is 0.562. The van der Waals surface area contributed by atoms with E-state index < -0.39 is 11.5 Å². The zero-order chi connectivity index (χ0) is 13.3. The van der Waals surface area contributed by atoms with Gasteiger partial charge in [0, 0.05) is 0 Å². The van der Waals surface area contributed by atoms with Crippen LogP contribution in [-0.4, -0.2) is 17.0 Å². The second-order valence-electron chi connectivity index (χ2n) is 5.73. The molecular formula is C16H22O2. The maximum atomic E-state index is 12.3. The Balaban J connectivity index is 2.60. The maximum Gasteiger partial charge on any atom is 0.142 e. The summed E-state index contributed by atoms with van der Waals surface area (Å²) in [6.07, 6.45) is 2.14. The van der Waals surface area contributed by atoms with Crippen molar-refractivity contribution < 1.29 is 9.90 Å². The van der Waals surface area contributed by atoms with Gasteiger partial charge in [-0.15, -0.1) is 0 Å². The molecule has 1 aromatic carbocycles. The lowest BCUT2D eigenvalue weighted by Gasteiger charge is -2.42. The minimum atomic E-state index is -0.691. The maximum absolute atomic E-state index is 12.3. The molecule has 98 valence electrons. The second kappa shape index (κ2) is 4.85. The lowest BCUT2D eigenvalue weighted by Crippen LogP contribution is -2.50. The van der Waals surface area contributed by atoms with E-state index in [0.29, 0.717) is 0 Å². The van der Waals surface area contributed by atoms with Crippen molar-refractivity contribution >= 4 is 5.78 Å². The van der Waals surface area contributed by atoms with E-state index in [1.165, 1.54) is 5.56 Å². The number of Topliss-reactive ketones (excluding diaryl/α,β-unsaturated/α-hetero) is 1. The summed E-state index contributed by atoms with van der Waals surface area (Å²) in [6, 6.07) is 8.08. The number of carbonyl (C=O) groups is 1. The molecule has 0 aliphatic heterocycles. The molecule has 0 bridgehead atoms. The van der Waals surface area contributed by atoms with E-state index in [0.717, 1.165) is 24.8 Å². The van der Waals surface area contributed by atoms with Gasteiger partial charge < -0.3 is 5.11 Å². The van der Waals surface area contributed by atoms with Gasteiger partial charge >= 0.3 is 0 Å². The molecule has 1 aliphatic carbocycles. The number of ketones is 1. The number of benzene rings is 1. The average Bonchev–Trinajstić information content (AvgIpc) is 2.36. The van der Waals surface area contributed by atoms with Crippen molar-refractivity contribution in [3.8, 4) is 0 Å². The highest BCUT2D eigenvalue weighted by molar-refractivity contribution is 5.89. The molecule has 18 heavy (non-hydrogen) atoms. The molecule has 0 unspecified atom stereocenters. The summed E-state index contributed by atoms with van der Waals surface area (Å²) in [6.45, 7) is 5.58. The van der Waals surface area contributed by atoms with E-state index in [1.54, 1.807) is 6.92 Å². The van der Waals surface area contributed by atoms with Crippen LogP contribution in [0.3, 0.4) is 0 Å². The first-order chi connectivity index (χ1) is 8.50. The van der Waals surface area contributed by atoms with Gasteiger partial charge in [-0.05, 0) is 43.2 Å². The molecular weight excluding hydrogens is 224 g/mol. The summed E-state index contributed by atoms with van der Waals surface area (Å²) < 4.78 is 0. The second-order valence-corrected chi connectivity index (χ2v) is 5.73. The SMILES string of the molecule is CC(=O)[C@@]1([C@@H](O)C(C)C)CCCc2ccccc21. The summed E-state index contributed by atoms with van der Waals surface area (Å²) >= 11 is 0. The first-order valence-electron chi connectivity index (χ1n) is 6.77. The van der Waals surface area contributed by atoms with Crippen molar-refractivity contribution in [1.82, 2.24) is 0 Å². The fourth-order valence-electron chi connectivity index (χ4n) is 3.32. The van der Waals surface area contributed by atoms with Crippen LogP contribution in [0.5, 0.6) is 0 Å². The molecule has 0 saturated carbocycles.